The van der Waals surface area contributed by atoms with Gasteiger partial charge in [-0.15, -0.1) is 0 Å². The first-order valence-electron chi connectivity index (χ1n) is 7.69. The molecule has 4 aliphatic rings. The fourth-order valence-electron chi connectivity index (χ4n) is 5.21. The van der Waals surface area contributed by atoms with E-state index in [2.05, 4.69) is 0 Å². The SMILES string of the molecule is CN(C(=O)C(N)CC(=O)O)C1C2CC3CC(C2)CC1C3. The largest absolute Gasteiger partial charge is 0.481 e. The highest BCUT2D eigenvalue weighted by atomic mass is 16.4. The molecule has 0 aromatic carbocycles. The van der Waals surface area contributed by atoms with Gasteiger partial charge in [0.15, 0.2) is 0 Å². The molecule has 5 heteroatoms. The molecule has 5 nitrogen and oxygen atoms in total. The van der Waals surface area contributed by atoms with Crippen LogP contribution in [-0.2, 0) is 9.59 Å². The van der Waals surface area contributed by atoms with Crippen LogP contribution in [0.2, 0.25) is 0 Å². The Morgan fingerprint density at radius 3 is 2.10 bits per heavy atom. The van der Waals surface area contributed by atoms with Gasteiger partial charge in [-0.05, 0) is 55.8 Å². The van der Waals surface area contributed by atoms with Gasteiger partial charge in [0.25, 0.3) is 0 Å². The van der Waals surface area contributed by atoms with E-state index in [1.165, 1.54) is 32.1 Å². The number of rotatable bonds is 4. The summed E-state index contributed by atoms with van der Waals surface area (Å²) in [4.78, 5) is 24.8. The highest BCUT2D eigenvalue weighted by Crippen LogP contribution is 2.54. The zero-order chi connectivity index (χ0) is 14.4. The summed E-state index contributed by atoms with van der Waals surface area (Å²) in [7, 11) is 1.82. The number of nitrogens with two attached hydrogens (primary N) is 1. The molecule has 0 aliphatic heterocycles. The number of aliphatic carboxylic acids is 1. The van der Waals surface area contributed by atoms with Crippen molar-refractivity contribution >= 4 is 11.9 Å². The molecule has 4 bridgehead atoms. The average Bonchev–Trinajstić information content (AvgIpc) is 2.35. The lowest BCUT2D eigenvalue weighted by atomic mass is 9.54. The number of carbonyl (C=O) groups is 2. The van der Waals surface area contributed by atoms with Crippen LogP contribution in [0.1, 0.15) is 38.5 Å². The van der Waals surface area contributed by atoms with Crippen LogP contribution in [0.15, 0.2) is 0 Å². The van der Waals surface area contributed by atoms with E-state index in [9.17, 15) is 9.59 Å². The van der Waals surface area contributed by atoms with E-state index in [1.54, 1.807) is 4.90 Å². The second kappa shape index (κ2) is 5.02. The van der Waals surface area contributed by atoms with Crippen LogP contribution in [-0.4, -0.2) is 41.0 Å². The van der Waals surface area contributed by atoms with E-state index >= 15 is 0 Å². The standard InChI is InChI=1S/C15H24N2O3/c1-17(15(20)12(16)7-13(18)19)14-10-3-8-2-9(5-10)6-11(14)4-8/h8-12,14H,2-7,16H2,1H3,(H,18,19). The zero-order valence-electron chi connectivity index (χ0n) is 12.0. The lowest BCUT2D eigenvalue weighted by molar-refractivity contribution is -0.147. The number of carbonyl (C=O) groups excluding carboxylic acids is 1. The number of carboxylic acids is 1. The Balaban J connectivity index is 1.69. The first-order chi connectivity index (χ1) is 9.45. The van der Waals surface area contributed by atoms with Crippen molar-refractivity contribution in [2.75, 3.05) is 7.05 Å². The maximum atomic E-state index is 12.3. The third kappa shape index (κ3) is 2.32. The molecule has 0 radical (unpaired) electrons. The van der Waals surface area contributed by atoms with Crippen molar-refractivity contribution in [3.8, 4) is 0 Å². The van der Waals surface area contributed by atoms with Crippen molar-refractivity contribution in [2.24, 2.45) is 29.4 Å². The van der Waals surface area contributed by atoms with E-state index < -0.39 is 12.0 Å². The highest BCUT2D eigenvalue weighted by molar-refractivity contribution is 5.86. The quantitative estimate of drug-likeness (QED) is 0.807. The molecule has 1 atom stereocenters. The molecule has 20 heavy (non-hydrogen) atoms. The molecule has 112 valence electrons. The van der Waals surface area contributed by atoms with Crippen molar-refractivity contribution in [1.29, 1.82) is 0 Å². The van der Waals surface area contributed by atoms with Gasteiger partial charge in [0.05, 0.1) is 12.5 Å². The predicted molar refractivity (Wildman–Crippen MR) is 73.8 cm³/mol. The molecule has 3 N–H and O–H groups in total. The predicted octanol–water partition coefficient (Wildman–Crippen LogP) is 1.07. The smallest absolute Gasteiger partial charge is 0.305 e. The Hall–Kier alpha value is -1.10. The molecule has 4 saturated carbocycles. The van der Waals surface area contributed by atoms with E-state index in [0.29, 0.717) is 11.8 Å². The lowest BCUT2D eigenvalue weighted by Gasteiger charge is -2.56. The molecular formula is C15H24N2O3. The van der Waals surface area contributed by atoms with Gasteiger partial charge < -0.3 is 15.7 Å². The van der Waals surface area contributed by atoms with Crippen LogP contribution >= 0.6 is 0 Å². The van der Waals surface area contributed by atoms with Gasteiger partial charge in [-0.2, -0.15) is 0 Å². The van der Waals surface area contributed by atoms with Crippen LogP contribution < -0.4 is 5.73 Å². The van der Waals surface area contributed by atoms with Crippen LogP contribution in [0.4, 0.5) is 0 Å². The second-order valence-corrected chi connectivity index (χ2v) is 7.07. The summed E-state index contributed by atoms with van der Waals surface area (Å²) in [5, 5.41) is 8.78. The average molecular weight is 280 g/mol. The maximum absolute atomic E-state index is 12.3. The summed E-state index contributed by atoms with van der Waals surface area (Å²) in [5.74, 6) is 1.73. The van der Waals surface area contributed by atoms with Gasteiger partial charge in [-0.25, -0.2) is 0 Å². The molecular weight excluding hydrogens is 256 g/mol. The fourth-order valence-corrected chi connectivity index (χ4v) is 5.21. The molecule has 4 aliphatic carbocycles. The Bertz CT molecular complexity index is 395. The zero-order valence-corrected chi connectivity index (χ0v) is 12.0. The Labute approximate surface area is 119 Å². The van der Waals surface area contributed by atoms with Gasteiger partial charge in [-0.3, -0.25) is 9.59 Å². The minimum absolute atomic E-state index is 0.204. The molecule has 4 rings (SSSR count). The van der Waals surface area contributed by atoms with Gasteiger partial charge in [-0.1, -0.05) is 0 Å². The molecule has 0 saturated heterocycles. The van der Waals surface area contributed by atoms with Crippen molar-refractivity contribution < 1.29 is 14.7 Å². The maximum Gasteiger partial charge on any atom is 0.305 e. The number of nitrogens with zero attached hydrogens (tertiary/aromatic N) is 1. The van der Waals surface area contributed by atoms with Crippen LogP contribution in [0.3, 0.4) is 0 Å². The van der Waals surface area contributed by atoms with E-state index in [4.69, 9.17) is 10.8 Å². The summed E-state index contributed by atoms with van der Waals surface area (Å²) >= 11 is 0. The lowest BCUT2D eigenvalue weighted by Crippen LogP contribution is -2.58. The molecule has 0 aromatic heterocycles. The topological polar surface area (TPSA) is 83.6 Å². The number of amides is 1. The first kappa shape index (κ1) is 13.9. The Morgan fingerprint density at radius 1 is 1.15 bits per heavy atom. The highest BCUT2D eigenvalue weighted by Gasteiger charge is 2.50. The van der Waals surface area contributed by atoms with Crippen LogP contribution in [0, 0.1) is 23.7 Å². The Kier molecular flexibility index (Phi) is 3.48. The Morgan fingerprint density at radius 2 is 1.65 bits per heavy atom. The van der Waals surface area contributed by atoms with Gasteiger partial charge >= 0.3 is 5.97 Å². The monoisotopic (exact) mass is 280 g/mol. The van der Waals surface area contributed by atoms with Crippen molar-refractivity contribution in [1.82, 2.24) is 4.90 Å². The van der Waals surface area contributed by atoms with E-state index in [0.717, 1.165) is 11.8 Å². The van der Waals surface area contributed by atoms with Gasteiger partial charge in [0.2, 0.25) is 5.91 Å². The van der Waals surface area contributed by atoms with Gasteiger partial charge in [0, 0.05) is 13.1 Å². The fraction of sp³-hybridized carbons (Fsp3) is 0.867. The summed E-state index contributed by atoms with van der Waals surface area (Å²) in [6, 6.07) is -0.621. The molecule has 0 heterocycles. The summed E-state index contributed by atoms with van der Waals surface area (Å²) in [6.45, 7) is 0. The minimum Gasteiger partial charge on any atom is -0.481 e. The van der Waals surface area contributed by atoms with E-state index in [-0.39, 0.29) is 18.4 Å². The number of hydrogen-bond acceptors (Lipinski definition) is 3. The molecule has 1 unspecified atom stereocenters. The van der Waals surface area contributed by atoms with Crippen molar-refractivity contribution in [2.45, 2.75) is 50.6 Å². The van der Waals surface area contributed by atoms with Crippen molar-refractivity contribution in [3.63, 3.8) is 0 Å². The normalized spacial score (nSPS) is 39.6. The third-order valence-electron chi connectivity index (χ3n) is 5.68. The third-order valence-corrected chi connectivity index (χ3v) is 5.68. The number of carboxylic acid groups (broad SMARTS) is 1. The van der Waals surface area contributed by atoms with E-state index in [1.807, 2.05) is 7.05 Å². The second-order valence-electron chi connectivity index (χ2n) is 7.07. The summed E-state index contributed by atoms with van der Waals surface area (Å²) in [6.07, 6.45) is 6.06. The first-order valence-corrected chi connectivity index (χ1v) is 7.69. The van der Waals surface area contributed by atoms with Gasteiger partial charge in [0.1, 0.15) is 0 Å². The molecule has 0 spiro atoms. The molecule has 0 aromatic rings. The number of likely N-dealkylation sites (N-methyl/N-ethyl adjacent to an activating group) is 1. The molecule has 4 fully saturated rings. The van der Waals surface area contributed by atoms with Crippen molar-refractivity contribution in [3.05, 3.63) is 0 Å². The summed E-state index contributed by atoms with van der Waals surface area (Å²) in [5.41, 5.74) is 5.74. The molecule has 1 amide bonds. The van der Waals surface area contributed by atoms with Crippen LogP contribution in [0.5, 0.6) is 0 Å². The summed E-state index contributed by atoms with van der Waals surface area (Å²) < 4.78 is 0. The van der Waals surface area contributed by atoms with Crippen LogP contribution in [0.25, 0.3) is 0 Å². The minimum atomic E-state index is -1.01. The number of hydrogen-bond donors (Lipinski definition) is 2.